The number of rotatable bonds is 2. The molecule has 88 valence electrons. The Balaban J connectivity index is 2.30. The fourth-order valence-electron chi connectivity index (χ4n) is 2.08. The minimum Gasteiger partial charge on any atom is -0.373 e. The van der Waals surface area contributed by atoms with E-state index in [-0.39, 0.29) is 6.10 Å². The van der Waals surface area contributed by atoms with Gasteiger partial charge in [-0.05, 0) is 31.0 Å². The van der Waals surface area contributed by atoms with Crippen LogP contribution in [0.15, 0.2) is 22.7 Å². The molecule has 1 aliphatic heterocycles. The zero-order chi connectivity index (χ0) is 11.5. The van der Waals surface area contributed by atoms with E-state index in [2.05, 4.69) is 15.9 Å². The van der Waals surface area contributed by atoms with Crippen molar-refractivity contribution in [1.82, 2.24) is 0 Å². The average Bonchev–Trinajstić information content (AvgIpc) is 2.32. The molecule has 1 nitrogen and oxygen atoms in total. The lowest BCUT2D eigenvalue weighted by molar-refractivity contribution is -0.0207. The second-order valence-corrected chi connectivity index (χ2v) is 5.65. The Morgan fingerprint density at radius 3 is 3.00 bits per heavy atom. The van der Waals surface area contributed by atoms with Crippen LogP contribution in [0.4, 0.5) is 0 Å². The van der Waals surface area contributed by atoms with Crippen molar-refractivity contribution in [3.63, 3.8) is 0 Å². The molecule has 16 heavy (non-hydrogen) atoms. The quantitative estimate of drug-likeness (QED) is 0.710. The summed E-state index contributed by atoms with van der Waals surface area (Å²) in [6.07, 6.45) is 2.23. The van der Waals surface area contributed by atoms with Gasteiger partial charge in [-0.25, -0.2) is 0 Å². The Morgan fingerprint density at radius 1 is 1.44 bits per heavy atom. The van der Waals surface area contributed by atoms with Crippen LogP contribution in [0, 0.1) is 5.92 Å². The Labute approximate surface area is 114 Å². The van der Waals surface area contributed by atoms with E-state index in [1.54, 1.807) is 0 Å². The SMILES string of the molecule is ClCC1CCCOC1c1cc(Br)ccc1Cl. The van der Waals surface area contributed by atoms with Crippen molar-refractivity contribution in [2.45, 2.75) is 18.9 Å². The highest BCUT2D eigenvalue weighted by atomic mass is 79.9. The zero-order valence-corrected chi connectivity index (χ0v) is 11.9. The fraction of sp³-hybridized carbons (Fsp3) is 0.500. The summed E-state index contributed by atoms with van der Waals surface area (Å²) in [6, 6.07) is 5.85. The van der Waals surface area contributed by atoms with Gasteiger partial charge in [0.25, 0.3) is 0 Å². The fourth-order valence-corrected chi connectivity index (χ4v) is 3.00. The minimum atomic E-state index is 0.0382. The first-order valence-corrected chi connectivity index (χ1v) is 7.05. The topological polar surface area (TPSA) is 9.23 Å². The molecule has 1 aliphatic rings. The van der Waals surface area contributed by atoms with Crippen LogP contribution in [0.3, 0.4) is 0 Å². The van der Waals surface area contributed by atoms with E-state index in [9.17, 15) is 0 Å². The lowest BCUT2D eigenvalue weighted by Gasteiger charge is -2.31. The smallest absolute Gasteiger partial charge is 0.0879 e. The maximum absolute atomic E-state index is 6.21. The van der Waals surface area contributed by atoms with Crippen molar-refractivity contribution < 1.29 is 4.74 Å². The van der Waals surface area contributed by atoms with E-state index >= 15 is 0 Å². The second kappa shape index (κ2) is 5.72. The Hall–Kier alpha value is 0.240. The molecule has 1 heterocycles. The molecule has 0 radical (unpaired) electrons. The van der Waals surface area contributed by atoms with Crippen LogP contribution in [0.5, 0.6) is 0 Å². The van der Waals surface area contributed by atoms with Gasteiger partial charge in [0.05, 0.1) is 6.10 Å². The number of ether oxygens (including phenoxy) is 1. The van der Waals surface area contributed by atoms with Crippen molar-refractivity contribution in [3.05, 3.63) is 33.3 Å². The number of hydrogen-bond donors (Lipinski definition) is 0. The largest absolute Gasteiger partial charge is 0.373 e. The summed E-state index contributed by atoms with van der Waals surface area (Å²) in [4.78, 5) is 0. The molecule has 0 amide bonds. The van der Waals surface area contributed by atoms with Gasteiger partial charge in [0.1, 0.15) is 0 Å². The van der Waals surface area contributed by atoms with Crippen molar-refractivity contribution in [2.75, 3.05) is 12.5 Å². The van der Waals surface area contributed by atoms with Crippen LogP contribution >= 0.6 is 39.1 Å². The normalized spacial score (nSPS) is 25.7. The third-order valence-electron chi connectivity index (χ3n) is 2.91. The Kier molecular flexibility index (Phi) is 4.54. The van der Waals surface area contributed by atoms with E-state index < -0.39 is 0 Å². The Morgan fingerprint density at radius 2 is 2.25 bits per heavy atom. The van der Waals surface area contributed by atoms with E-state index in [4.69, 9.17) is 27.9 Å². The molecule has 4 heteroatoms. The van der Waals surface area contributed by atoms with Gasteiger partial charge in [-0.3, -0.25) is 0 Å². The Bertz CT molecular complexity index is 370. The molecule has 1 fully saturated rings. The van der Waals surface area contributed by atoms with Crippen molar-refractivity contribution >= 4 is 39.1 Å². The highest BCUT2D eigenvalue weighted by Crippen LogP contribution is 2.38. The first-order chi connectivity index (χ1) is 7.72. The summed E-state index contributed by atoms with van der Waals surface area (Å²) in [5, 5.41) is 0.755. The molecule has 0 N–H and O–H groups in total. The lowest BCUT2D eigenvalue weighted by atomic mass is 9.91. The van der Waals surface area contributed by atoms with E-state index in [0.29, 0.717) is 11.8 Å². The first-order valence-electron chi connectivity index (χ1n) is 5.35. The third-order valence-corrected chi connectivity index (χ3v) is 4.14. The second-order valence-electron chi connectivity index (χ2n) is 4.01. The molecular formula is C12H13BrCl2O. The van der Waals surface area contributed by atoms with Gasteiger partial charge in [0, 0.05) is 33.5 Å². The summed E-state index contributed by atoms with van der Waals surface area (Å²) in [5.41, 5.74) is 1.04. The maximum atomic E-state index is 6.21. The molecular weight excluding hydrogens is 311 g/mol. The monoisotopic (exact) mass is 322 g/mol. The molecule has 0 spiro atoms. The van der Waals surface area contributed by atoms with Gasteiger partial charge in [0.2, 0.25) is 0 Å². The van der Waals surface area contributed by atoms with Gasteiger partial charge >= 0.3 is 0 Å². The van der Waals surface area contributed by atoms with Gasteiger partial charge in [-0.2, -0.15) is 0 Å². The van der Waals surface area contributed by atoms with Crippen molar-refractivity contribution in [2.24, 2.45) is 5.92 Å². The van der Waals surface area contributed by atoms with Gasteiger partial charge in [-0.1, -0.05) is 27.5 Å². The summed E-state index contributed by atoms with van der Waals surface area (Å²) in [5.74, 6) is 0.982. The molecule has 1 saturated heterocycles. The third kappa shape index (κ3) is 2.73. The molecule has 0 aromatic heterocycles. The van der Waals surface area contributed by atoms with Crippen LogP contribution in [0.25, 0.3) is 0 Å². The molecule has 0 aliphatic carbocycles. The predicted molar refractivity (Wildman–Crippen MR) is 71.3 cm³/mol. The highest BCUT2D eigenvalue weighted by Gasteiger charge is 2.28. The predicted octanol–water partition coefficient (Wildman–Crippen LogP) is 4.81. The van der Waals surface area contributed by atoms with E-state index in [1.807, 2.05) is 18.2 Å². The maximum Gasteiger partial charge on any atom is 0.0879 e. The summed E-state index contributed by atoms with van der Waals surface area (Å²) in [7, 11) is 0. The molecule has 0 bridgehead atoms. The zero-order valence-electron chi connectivity index (χ0n) is 8.76. The number of hydrogen-bond acceptors (Lipinski definition) is 1. The molecule has 2 rings (SSSR count). The van der Waals surface area contributed by atoms with Crippen LogP contribution in [0.1, 0.15) is 24.5 Å². The number of alkyl halides is 1. The average molecular weight is 324 g/mol. The summed E-state index contributed by atoms with van der Waals surface area (Å²) >= 11 is 15.6. The highest BCUT2D eigenvalue weighted by molar-refractivity contribution is 9.10. The summed E-state index contributed by atoms with van der Waals surface area (Å²) < 4.78 is 6.84. The van der Waals surface area contributed by atoms with E-state index in [1.165, 1.54) is 0 Å². The summed E-state index contributed by atoms with van der Waals surface area (Å²) in [6.45, 7) is 0.793. The van der Waals surface area contributed by atoms with Crippen LogP contribution in [-0.4, -0.2) is 12.5 Å². The van der Waals surface area contributed by atoms with Crippen molar-refractivity contribution in [1.29, 1.82) is 0 Å². The van der Waals surface area contributed by atoms with Crippen molar-refractivity contribution in [3.8, 4) is 0 Å². The molecule has 1 aromatic rings. The molecule has 1 aromatic carbocycles. The standard InChI is InChI=1S/C12H13BrCl2O/c13-9-3-4-11(15)10(6-9)12-8(7-14)2-1-5-16-12/h3-4,6,8,12H,1-2,5,7H2. The van der Waals surface area contributed by atoms with Crippen LogP contribution < -0.4 is 0 Å². The van der Waals surface area contributed by atoms with Gasteiger partial charge in [-0.15, -0.1) is 11.6 Å². The molecule has 2 atom stereocenters. The molecule has 0 saturated carbocycles. The van der Waals surface area contributed by atoms with Gasteiger partial charge in [0.15, 0.2) is 0 Å². The van der Waals surface area contributed by atoms with E-state index in [0.717, 1.165) is 34.5 Å². The minimum absolute atomic E-state index is 0.0382. The lowest BCUT2D eigenvalue weighted by Crippen LogP contribution is -2.24. The first kappa shape index (κ1) is 12.7. The number of benzene rings is 1. The molecule has 2 unspecified atom stereocenters. The van der Waals surface area contributed by atoms with Crippen LogP contribution in [-0.2, 0) is 4.74 Å². The number of halogens is 3. The van der Waals surface area contributed by atoms with Gasteiger partial charge < -0.3 is 4.74 Å². The van der Waals surface area contributed by atoms with Crippen LogP contribution in [0.2, 0.25) is 5.02 Å².